The summed E-state index contributed by atoms with van der Waals surface area (Å²) in [6, 6.07) is 5.43. The molecular formula is C23H31F3N2O2S. The van der Waals surface area contributed by atoms with E-state index >= 15 is 0 Å². The Morgan fingerprint density at radius 2 is 1.58 bits per heavy atom. The van der Waals surface area contributed by atoms with E-state index in [1.54, 1.807) is 13.0 Å². The SMILES string of the molecule is Cc1c(S(N)(=O)=O)cc(-c2cc(C(C)(C)C)cc(C(F)(F)F)c2)n1CC1CCCCC1. The average molecular weight is 457 g/mol. The second-order valence-electron chi connectivity index (χ2n) is 9.69. The molecule has 4 nitrogen and oxygen atoms in total. The Morgan fingerprint density at radius 1 is 1.00 bits per heavy atom. The van der Waals surface area contributed by atoms with Crippen LogP contribution < -0.4 is 5.14 Å². The molecule has 3 rings (SSSR count). The van der Waals surface area contributed by atoms with Crippen molar-refractivity contribution in [1.82, 2.24) is 4.57 Å². The van der Waals surface area contributed by atoms with Gasteiger partial charge in [-0.05, 0) is 66.5 Å². The smallest absolute Gasteiger partial charge is 0.343 e. The van der Waals surface area contributed by atoms with Gasteiger partial charge in [-0.15, -0.1) is 0 Å². The topological polar surface area (TPSA) is 65.1 Å². The van der Waals surface area contributed by atoms with Crippen LogP contribution in [0.25, 0.3) is 11.3 Å². The molecule has 1 aromatic carbocycles. The van der Waals surface area contributed by atoms with Gasteiger partial charge in [0.1, 0.15) is 4.90 Å². The fourth-order valence-electron chi connectivity index (χ4n) is 4.38. The largest absolute Gasteiger partial charge is 0.416 e. The number of benzene rings is 1. The molecule has 1 aromatic heterocycles. The zero-order chi connectivity index (χ0) is 23.2. The van der Waals surface area contributed by atoms with Crippen LogP contribution in [-0.2, 0) is 28.2 Å². The highest BCUT2D eigenvalue weighted by Gasteiger charge is 2.33. The third kappa shape index (κ3) is 5.34. The van der Waals surface area contributed by atoms with Gasteiger partial charge < -0.3 is 4.57 Å². The minimum Gasteiger partial charge on any atom is -0.343 e. The predicted molar refractivity (Wildman–Crippen MR) is 116 cm³/mol. The van der Waals surface area contributed by atoms with Crippen molar-refractivity contribution in [2.45, 2.75) is 82.8 Å². The lowest BCUT2D eigenvalue weighted by molar-refractivity contribution is -0.137. The summed E-state index contributed by atoms with van der Waals surface area (Å²) < 4.78 is 67.2. The third-order valence-corrected chi connectivity index (χ3v) is 7.24. The lowest BCUT2D eigenvalue weighted by Gasteiger charge is -2.25. The minimum absolute atomic E-state index is 0.0342. The molecule has 1 saturated carbocycles. The van der Waals surface area contributed by atoms with Crippen molar-refractivity contribution in [3.8, 4) is 11.3 Å². The summed E-state index contributed by atoms with van der Waals surface area (Å²) in [6.45, 7) is 7.80. The number of hydrogen-bond donors (Lipinski definition) is 1. The maximum absolute atomic E-state index is 13.7. The van der Waals surface area contributed by atoms with E-state index in [0.717, 1.165) is 31.7 Å². The van der Waals surface area contributed by atoms with Crippen LogP contribution in [0.5, 0.6) is 0 Å². The Balaban J connectivity index is 2.23. The molecule has 8 heteroatoms. The molecular weight excluding hydrogens is 425 g/mol. The maximum Gasteiger partial charge on any atom is 0.416 e. The van der Waals surface area contributed by atoms with Gasteiger partial charge in [-0.1, -0.05) is 40.0 Å². The zero-order valence-electron chi connectivity index (χ0n) is 18.5. The van der Waals surface area contributed by atoms with E-state index in [1.807, 2.05) is 25.3 Å². The molecule has 2 N–H and O–H groups in total. The Hall–Kier alpha value is -1.80. The second kappa shape index (κ2) is 8.28. The van der Waals surface area contributed by atoms with E-state index in [4.69, 9.17) is 5.14 Å². The summed E-state index contributed by atoms with van der Waals surface area (Å²) in [5.74, 6) is 0.361. The van der Waals surface area contributed by atoms with E-state index in [1.165, 1.54) is 18.6 Å². The molecule has 31 heavy (non-hydrogen) atoms. The van der Waals surface area contributed by atoms with E-state index in [9.17, 15) is 21.6 Å². The summed E-state index contributed by atoms with van der Waals surface area (Å²) in [5.41, 5.74) is 0.581. The van der Waals surface area contributed by atoms with E-state index < -0.39 is 27.2 Å². The standard InChI is InChI=1S/C23H31F3N2O2S/c1-15-21(31(27,29)30)13-20(28(15)14-16-8-6-5-7-9-16)17-10-18(22(2,3)4)12-19(11-17)23(24,25)26/h10-13,16H,5-9,14H2,1-4H3,(H2,27,29,30). The highest BCUT2D eigenvalue weighted by Crippen LogP contribution is 2.39. The average Bonchev–Trinajstić information content (AvgIpc) is 2.97. The first-order valence-corrected chi connectivity index (χ1v) is 12.2. The summed E-state index contributed by atoms with van der Waals surface area (Å²) in [6.07, 6.45) is 0.947. The molecule has 0 amide bonds. The molecule has 2 aromatic rings. The van der Waals surface area contributed by atoms with Gasteiger partial charge in [0.15, 0.2) is 0 Å². The molecule has 0 spiro atoms. The number of primary sulfonamides is 1. The van der Waals surface area contributed by atoms with Gasteiger partial charge in [0.2, 0.25) is 10.0 Å². The first-order chi connectivity index (χ1) is 14.2. The summed E-state index contributed by atoms with van der Waals surface area (Å²) in [4.78, 5) is -0.0342. The molecule has 0 bridgehead atoms. The predicted octanol–water partition coefficient (Wildman–Crippen LogP) is 6.01. The number of halogens is 3. The van der Waals surface area contributed by atoms with E-state index in [0.29, 0.717) is 35.0 Å². The number of rotatable bonds is 4. The highest BCUT2D eigenvalue weighted by molar-refractivity contribution is 7.89. The number of alkyl halides is 3. The van der Waals surface area contributed by atoms with Crippen molar-refractivity contribution in [2.24, 2.45) is 11.1 Å². The van der Waals surface area contributed by atoms with E-state index in [-0.39, 0.29) is 4.90 Å². The Kier molecular flexibility index (Phi) is 6.37. The van der Waals surface area contributed by atoms with Crippen LogP contribution in [0.2, 0.25) is 0 Å². The first-order valence-electron chi connectivity index (χ1n) is 10.6. The molecule has 1 aliphatic rings. The van der Waals surface area contributed by atoms with Crippen molar-refractivity contribution in [2.75, 3.05) is 0 Å². The Labute approximate surface area is 182 Å². The molecule has 0 atom stereocenters. The van der Waals surface area contributed by atoms with Crippen LogP contribution in [0.15, 0.2) is 29.2 Å². The number of hydrogen-bond acceptors (Lipinski definition) is 2. The maximum atomic E-state index is 13.7. The van der Waals surface area contributed by atoms with Crippen LogP contribution in [0.1, 0.15) is 69.7 Å². The van der Waals surface area contributed by atoms with Crippen LogP contribution in [0.3, 0.4) is 0 Å². The van der Waals surface area contributed by atoms with Crippen LogP contribution in [-0.4, -0.2) is 13.0 Å². The van der Waals surface area contributed by atoms with Crippen LogP contribution in [0, 0.1) is 12.8 Å². The Morgan fingerprint density at radius 3 is 2.10 bits per heavy atom. The third-order valence-electron chi connectivity index (χ3n) is 6.21. The van der Waals surface area contributed by atoms with Crippen LogP contribution in [0.4, 0.5) is 13.2 Å². The quantitative estimate of drug-likeness (QED) is 0.612. The monoisotopic (exact) mass is 456 g/mol. The fourth-order valence-corrected chi connectivity index (χ4v) is 5.18. The lowest BCUT2D eigenvalue weighted by atomic mass is 9.84. The molecule has 172 valence electrons. The van der Waals surface area contributed by atoms with Gasteiger partial charge in [-0.25, -0.2) is 13.6 Å². The number of nitrogens with zero attached hydrogens (tertiary/aromatic N) is 1. The lowest BCUT2D eigenvalue weighted by Crippen LogP contribution is -2.18. The zero-order valence-corrected chi connectivity index (χ0v) is 19.3. The van der Waals surface area contributed by atoms with Crippen molar-refractivity contribution in [1.29, 1.82) is 0 Å². The summed E-state index contributed by atoms with van der Waals surface area (Å²) in [7, 11) is -4.00. The van der Waals surface area contributed by atoms with Gasteiger partial charge in [0, 0.05) is 17.9 Å². The van der Waals surface area contributed by atoms with Gasteiger partial charge in [-0.2, -0.15) is 13.2 Å². The van der Waals surface area contributed by atoms with Gasteiger partial charge >= 0.3 is 6.18 Å². The van der Waals surface area contributed by atoms with Crippen molar-refractivity contribution in [3.05, 3.63) is 41.1 Å². The first kappa shape index (κ1) is 23.9. The summed E-state index contributed by atoms with van der Waals surface area (Å²) in [5, 5.41) is 5.43. The Bertz CT molecular complexity index is 1030. The second-order valence-corrected chi connectivity index (χ2v) is 11.2. The van der Waals surface area contributed by atoms with Crippen molar-refractivity contribution in [3.63, 3.8) is 0 Å². The normalized spacial score (nSPS) is 16.6. The van der Waals surface area contributed by atoms with Gasteiger partial charge in [0.05, 0.1) is 5.56 Å². The van der Waals surface area contributed by atoms with Gasteiger partial charge in [0.25, 0.3) is 0 Å². The molecule has 1 heterocycles. The van der Waals surface area contributed by atoms with E-state index in [2.05, 4.69) is 0 Å². The number of nitrogens with two attached hydrogens (primary N) is 1. The van der Waals surface area contributed by atoms with Crippen LogP contribution >= 0.6 is 0 Å². The molecule has 0 unspecified atom stereocenters. The van der Waals surface area contributed by atoms with Gasteiger partial charge in [-0.3, -0.25) is 0 Å². The molecule has 1 aliphatic carbocycles. The number of sulfonamides is 1. The highest BCUT2D eigenvalue weighted by atomic mass is 32.2. The van der Waals surface area contributed by atoms with Crippen molar-refractivity contribution >= 4 is 10.0 Å². The summed E-state index contributed by atoms with van der Waals surface area (Å²) >= 11 is 0. The molecule has 1 fully saturated rings. The molecule has 0 saturated heterocycles. The number of aromatic nitrogens is 1. The fraction of sp³-hybridized carbons (Fsp3) is 0.565. The molecule has 0 radical (unpaired) electrons. The molecule has 0 aliphatic heterocycles. The minimum atomic E-state index is -4.51. The van der Waals surface area contributed by atoms with Crippen molar-refractivity contribution < 1.29 is 21.6 Å².